The van der Waals surface area contributed by atoms with Gasteiger partial charge < -0.3 is 15.1 Å². The van der Waals surface area contributed by atoms with Gasteiger partial charge in [0.05, 0.1) is 0 Å². The summed E-state index contributed by atoms with van der Waals surface area (Å²) in [6.07, 6.45) is 3.41. The normalized spacial score (nSPS) is 19.5. The van der Waals surface area contributed by atoms with Crippen LogP contribution >= 0.6 is 0 Å². The third-order valence-electron chi connectivity index (χ3n) is 5.97. The van der Waals surface area contributed by atoms with Crippen LogP contribution in [0.4, 0.5) is 10.5 Å². The molecule has 6 nitrogen and oxygen atoms in total. The quantitative estimate of drug-likeness (QED) is 0.826. The first-order valence-electron chi connectivity index (χ1n) is 9.76. The number of benzene rings is 1. The number of carbonyl (C=O) groups excluding carboxylic acids is 3. The SMILES string of the molecule is CC(=O)c1ccc(NC(=O)N2CCC3(CCC(=O)N(C(C)C)C3)CC2)cc1. The van der Waals surface area contributed by atoms with Crippen LogP contribution in [-0.4, -0.2) is 53.2 Å². The average molecular weight is 371 g/mol. The van der Waals surface area contributed by atoms with Crippen molar-refractivity contribution in [3.63, 3.8) is 0 Å². The summed E-state index contributed by atoms with van der Waals surface area (Å²) in [7, 11) is 0. The zero-order chi connectivity index (χ0) is 19.6. The van der Waals surface area contributed by atoms with Gasteiger partial charge in [0.15, 0.2) is 5.78 Å². The molecule has 1 N–H and O–H groups in total. The first-order valence-corrected chi connectivity index (χ1v) is 9.76. The van der Waals surface area contributed by atoms with Crippen LogP contribution in [0.2, 0.25) is 0 Å². The van der Waals surface area contributed by atoms with E-state index < -0.39 is 0 Å². The molecule has 2 aliphatic heterocycles. The fraction of sp³-hybridized carbons (Fsp3) is 0.571. The highest BCUT2D eigenvalue weighted by Gasteiger charge is 2.42. The van der Waals surface area contributed by atoms with Crippen LogP contribution in [0.1, 0.15) is 56.8 Å². The van der Waals surface area contributed by atoms with Crippen molar-refractivity contribution in [3.8, 4) is 0 Å². The molecule has 2 fully saturated rings. The Morgan fingerprint density at radius 2 is 1.70 bits per heavy atom. The Kier molecular flexibility index (Phi) is 5.53. The van der Waals surface area contributed by atoms with Gasteiger partial charge in [0.1, 0.15) is 0 Å². The van der Waals surface area contributed by atoms with E-state index in [1.165, 1.54) is 6.92 Å². The molecule has 146 valence electrons. The summed E-state index contributed by atoms with van der Waals surface area (Å²) >= 11 is 0. The van der Waals surface area contributed by atoms with Crippen LogP contribution in [0.3, 0.4) is 0 Å². The van der Waals surface area contributed by atoms with Gasteiger partial charge in [-0.2, -0.15) is 0 Å². The van der Waals surface area contributed by atoms with Crippen LogP contribution in [0.25, 0.3) is 0 Å². The summed E-state index contributed by atoms with van der Waals surface area (Å²) in [6, 6.07) is 7.09. The summed E-state index contributed by atoms with van der Waals surface area (Å²) in [5.41, 5.74) is 1.48. The van der Waals surface area contributed by atoms with Crippen LogP contribution in [0.15, 0.2) is 24.3 Å². The lowest BCUT2D eigenvalue weighted by molar-refractivity contribution is -0.141. The van der Waals surface area contributed by atoms with Gasteiger partial charge in [0, 0.05) is 43.3 Å². The topological polar surface area (TPSA) is 69.7 Å². The van der Waals surface area contributed by atoms with Gasteiger partial charge >= 0.3 is 6.03 Å². The summed E-state index contributed by atoms with van der Waals surface area (Å²) < 4.78 is 0. The van der Waals surface area contributed by atoms with Gasteiger partial charge in [0.25, 0.3) is 0 Å². The molecule has 3 rings (SSSR count). The first-order chi connectivity index (χ1) is 12.8. The zero-order valence-corrected chi connectivity index (χ0v) is 16.5. The molecule has 0 radical (unpaired) electrons. The van der Waals surface area contributed by atoms with Gasteiger partial charge in [-0.15, -0.1) is 0 Å². The van der Waals surface area contributed by atoms with E-state index in [1.807, 2.05) is 9.80 Å². The van der Waals surface area contributed by atoms with E-state index in [1.54, 1.807) is 24.3 Å². The van der Waals surface area contributed by atoms with Gasteiger partial charge in [-0.05, 0) is 69.7 Å². The Balaban J connectivity index is 1.56. The molecule has 2 aliphatic rings. The number of ketones is 1. The largest absolute Gasteiger partial charge is 0.340 e. The molecule has 0 aromatic heterocycles. The molecular formula is C21H29N3O3. The number of nitrogens with one attached hydrogen (secondary N) is 1. The van der Waals surface area contributed by atoms with Crippen LogP contribution < -0.4 is 5.32 Å². The molecule has 2 heterocycles. The Bertz CT molecular complexity index is 719. The minimum atomic E-state index is -0.104. The molecule has 6 heteroatoms. The van der Waals surface area contributed by atoms with E-state index in [4.69, 9.17) is 0 Å². The van der Waals surface area contributed by atoms with Crippen molar-refractivity contribution in [2.75, 3.05) is 25.0 Å². The maximum atomic E-state index is 12.6. The fourth-order valence-electron chi connectivity index (χ4n) is 4.10. The predicted molar refractivity (Wildman–Crippen MR) is 105 cm³/mol. The maximum absolute atomic E-state index is 12.6. The summed E-state index contributed by atoms with van der Waals surface area (Å²) in [5, 5.41) is 2.91. The molecule has 0 aliphatic carbocycles. The second-order valence-electron chi connectivity index (χ2n) is 8.17. The van der Waals surface area contributed by atoms with Crippen molar-refractivity contribution in [1.82, 2.24) is 9.80 Å². The van der Waals surface area contributed by atoms with Gasteiger partial charge in [-0.1, -0.05) is 0 Å². The molecule has 0 bridgehead atoms. The number of anilines is 1. The van der Waals surface area contributed by atoms with Crippen molar-refractivity contribution in [2.24, 2.45) is 5.41 Å². The molecule has 1 aromatic carbocycles. The highest BCUT2D eigenvalue weighted by molar-refractivity contribution is 5.95. The van der Waals surface area contributed by atoms with E-state index >= 15 is 0 Å². The van der Waals surface area contributed by atoms with Crippen LogP contribution in [-0.2, 0) is 4.79 Å². The fourth-order valence-corrected chi connectivity index (χ4v) is 4.10. The van der Waals surface area contributed by atoms with Crippen molar-refractivity contribution in [3.05, 3.63) is 29.8 Å². The summed E-state index contributed by atoms with van der Waals surface area (Å²) in [5.74, 6) is 0.264. The Labute approximate surface area is 160 Å². The number of rotatable bonds is 3. The highest BCUT2D eigenvalue weighted by atomic mass is 16.2. The number of hydrogen-bond donors (Lipinski definition) is 1. The third kappa shape index (κ3) is 4.31. The van der Waals surface area contributed by atoms with Gasteiger partial charge in [0.2, 0.25) is 5.91 Å². The molecule has 0 atom stereocenters. The van der Waals surface area contributed by atoms with E-state index in [9.17, 15) is 14.4 Å². The predicted octanol–water partition coefficient (Wildman–Crippen LogP) is 3.53. The van der Waals surface area contributed by atoms with E-state index in [0.717, 1.165) is 25.8 Å². The lowest BCUT2D eigenvalue weighted by Crippen LogP contribution is -2.54. The van der Waals surface area contributed by atoms with E-state index in [2.05, 4.69) is 19.2 Å². The van der Waals surface area contributed by atoms with Gasteiger partial charge in [-0.3, -0.25) is 9.59 Å². The van der Waals surface area contributed by atoms with E-state index in [-0.39, 0.29) is 29.2 Å². The summed E-state index contributed by atoms with van der Waals surface area (Å²) in [4.78, 5) is 39.9. The Hall–Kier alpha value is -2.37. The second-order valence-corrected chi connectivity index (χ2v) is 8.17. The molecule has 2 saturated heterocycles. The molecule has 3 amide bonds. The summed E-state index contributed by atoms with van der Waals surface area (Å²) in [6.45, 7) is 7.88. The lowest BCUT2D eigenvalue weighted by atomic mass is 9.72. The molecule has 27 heavy (non-hydrogen) atoms. The smallest absolute Gasteiger partial charge is 0.321 e. The minimum Gasteiger partial charge on any atom is -0.340 e. The molecule has 1 aromatic rings. The Morgan fingerprint density at radius 3 is 2.26 bits per heavy atom. The van der Waals surface area contributed by atoms with Crippen molar-refractivity contribution in [1.29, 1.82) is 0 Å². The number of piperidine rings is 2. The zero-order valence-electron chi connectivity index (χ0n) is 16.5. The number of hydrogen-bond acceptors (Lipinski definition) is 3. The van der Waals surface area contributed by atoms with Crippen molar-refractivity contribution < 1.29 is 14.4 Å². The minimum absolute atomic E-state index is 0.00982. The van der Waals surface area contributed by atoms with Crippen LogP contribution in [0.5, 0.6) is 0 Å². The number of carbonyl (C=O) groups is 3. The van der Waals surface area contributed by atoms with Crippen LogP contribution in [0, 0.1) is 5.41 Å². The number of likely N-dealkylation sites (tertiary alicyclic amines) is 2. The molecular weight excluding hydrogens is 342 g/mol. The highest BCUT2D eigenvalue weighted by Crippen LogP contribution is 2.40. The second kappa shape index (κ2) is 7.71. The van der Waals surface area contributed by atoms with E-state index in [0.29, 0.717) is 30.8 Å². The average Bonchev–Trinajstić information content (AvgIpc) is 2.65. The molecule has 0 saturated carbocycles. The maximum Gasteiger partial charge on any atom is 0.321 e. The number of Topliss-reactive ketones (excluding diaryl/α,β-unsaturated/α-hetero) is 1. The Morgan fingerprint density at radius 1 is 1.07 bits per heavy atom. The molecule has 1 spiro atoms. The number of amides is 3. The number of nitrogens with zero attached hydrogens (tertiary/aromatic N) is 2. The van der Waals surface area contributed by atoms with Gasteiger partial charge in [-0.25, -0.2) is 4.79 Å². The molecule has 0 unspecified atom stereocenters. The third-order valence-corrected chi connectivity index (χ3v) is 5.97. The monoisotopic (exact) mass is 371 g/mol. The number of urea groups is 1. The first kappa shape index (κ1) is 19.4. The van der Waals surface area contributed by atoms with Crippen molar-refractivity contribution >= 4 is 23.4 Å². The van der Waals surface area contributed by atoms with Crippen molar-refractivity contribution in [2.45, 2.75) is 52.5 Å². The standard InChI is InChI=1S/C21H29N3O3/c1-15(2)24-14-21(9-8-19(24)26)10-12-23(13-11-21)20(27)22-18-6-4-17(5-7-18)16(3)25/h4-7,15H,8-14H2,1-3H3,(H,22,27). The lowest BCUT2D eigenvalue weighted by Gasteiger charge is -2.48.